The molecule has 33 heavy (non-hydrogen) atoms. The Balaban J connectivity index is 1.65. The molecule has 2 amide bonds. The second-order valence-electron chi connectivity index (χ2n) is 8.89. The van der Waals surface area contributed by atoms with E-state index in [1.807, 2.05) is 23.1 Å². The van der Waals surface area contributed by atoms with Crippen LogP contribution in [0.1, 0.15) is 53.3 Å². The van der Waals surface area contributed by atoms with E-state index in [0.29, 0.717) is 34.2 Å². The summed E-state index contributed by atoms with van der Waals surface area (Å²) in [6.07, 6.45) is 4.30. The van der Waals surface area contributed by atoms with E-state index in [0.717, 1.165) is 57.5 Å². The molecule has 0 aromatic heterocycles. The maximum atomic E-state index is 13.4. The van der Waals surface area contributed by atoms with Crippen molar-refractivity contribution in [3.8, 4) is 11.5 Å². The lowest BCUT2D eigenvalue weighted by Crippen LogP contribution is -2.35. The number of carbonyl (C=O) groups is 2. The van der Waals surface area contributed by atoms with Crippen molar-refractivity contribution in [2.45, 2.75) is 32.6 Å². The molecule has 0 radical (unpaired) electrons. The molecule has 2 fully saturated rings. The van der Waals surface area contributed by atoms with Crippen molar-refractivity contribution in [2.24, 2.45) is 5.92 Å². The number of methoxy groups -OCH3 is 2. The van der Waals surface area contributed by atoms with Crippen LogP contribution in [0, 0.1) is 5.92 Å². The van der Waals surface area contributed by atoms with E-state index in [-0.39, 0.29) is 11.8 Å². The molecule has 4 rings (SSSR count). The normalized spacial score (nSPS) is 16.6. The summed E-state index contributed by atoms with van der Waals surface area (Å²) >= 11 is 0. The van der Waals surface area contributed by atoms with Crippen LogP contribution in [0.15, 0.2) is 36.4 Å². The molecule has 2 aliphatic rings. The van der Waals surface area contributed by atoms with Gasteiger partial charge in [-0.15, -0.1) is 0 Å². The van der Waals surface area contributed by atoms with Gasteiger partial charge >= 0.3 is 0 Å². The lowest BCUT2D eigenvalue weighted by atomic mass is 9.97. The Labute approximate surface area is 195 Å². The molecule has 0 spiro atoms. The first-order valence-electron chi connectivity index (χ1n) is 11.7. The number of rotatable bonds is 6. The lowest BCUT2D eigenvalue weighted by molar-refractivity contribution is 0.0793. The van der Waals surface area contributed by atoms with Crippen LogP contribution in [0.3, 0.4) is 0 Å². The fraction of sp³-hybridized carbons (Fsp3) is 0.462. The first-order valence-corrected chi connectivity index (χ1v) is 11.7. The molecule has 0 saturated carbocycles. The average molecular weight is 452 g/mol. The van der Waals surface area contributed by atoms with Crippen molar-refractivity contribution in [3.63, 3.8) is 0 Å². The fourth-order valence-electron chi connectivity index (χ4n) is 4.67. The molecule has 7 nitrogen and oxygen atoms in total. The zero-order chi connectivity index (χ0) is 23.4. The monoisotopic (exact) mass is 451 g/mol. The first-order chi connectivity index (χ1) is 16.0. The summed E-state index contributed by atoms with van der Waals surface area (Å²) in [6.45, 7) is 5.71. The number of carbonyl (C=O) groups excluding carboxylic acids is 2. The summed E-state index contributed by atoms with van der Waals surface area (Å²) in [7, 11) is 3.04. The predicted octanol–water partition coefficient (Wildman–Crippen LogP) is 4.43. The minimum Gasteiger partial charge on any atom is -0.496 e. The third-order valence-electron chi connectivity index (χ3n) is 6.66. The molecule has 2 saturated heterocycles. The highest BCUT2D eigenvalue weighted by Gasteiger charge is 2.27. The summed E-state index contributed by atoms with van der Waals surface area (Å²) in [5, 5.41) is 2.94. The fourth-order valence-corrected chi connectivity index (χ4v) is 4.67. The zero-order valence-corrected chi connectivity index (χ0v) is 19.7. The summed E-state index contributed by atoms with van der Waals surface area (Å²) in [5.41, 5.74) is 2.50. The van der Waals surface area contributed by atoms with Crippen LogP contribution in [0.5, 0.6) is 11.5 Å². The third-order valence-corrected chi connectivity index (χ3v) is 6.66. The van der Waals surface area contributed by atoms with Gasteiger partial charge < -0.3 is 24.6 Å². The molecule has 7 heteroatoms. The Hall–Kier alpha value is -3.22. The maximum Gasteiger partial charge on any atom is 0.263 e. The van der Waals surface area contributed by atoms with E-state index >= 15 is 0 Å². The van der Waals surface area contributed by atoms with Gasteiger partial charge in [0.05, 0.1) is 19.8 Å². The molecule has 2 heterocycles. The molecule has 2 aromatic carbocycles. The van der Waals surface area contributed by atoms with Gasteiger partial charge in [0.15, 0.2) is 0 Å². The molecule has 1 N–H and O–H groups in total. The van der Waals surface area contributed by atoms with Gasteiger partial charge in [-0.2, -0.15) is 0 Å². The molecule has 2 aromatic rings. The number of amides is 2. The first kappa shape index (κ1) is 23.0. The minimum absolute atomic E-state index is 0.0343. The van der Waals surface area contributed by atoms with Gasteiger partial charge in [0.2, 0.25) is 0 Å². The standard InChI is InChI=1S/C26H33N3O4/c1-18-11-15-28(16-12-18)21-10-9-19(17-20(21)26(31)29-13-4-5-14-29)27-25(30)24-22(32-2)7-6-8-23(24)33-3/h6-10,17-18H,4-5,11-16H2,1-3H3,(H,27,30). The number of piperidine rings is 1. The summed E-state index contributed by atoms with van der Waals surface area (Å²) in [6, 6.07) is 10.9. The van der Waals surface area contributed by atoms with Gasteiger partial charge in [0, 0.05) is 37.6 Å². The van der Waals surface area contributed by atoms with Crippen LogP contribution >= 0.6 is 0 Å². The number of ether oxygens (including phenoxy) is 2. The van der Waals surface area contributed by atoms with Crippen LogP contribution in [0.2, 0.25) is 0 Å². The van der Waals surface area contributed by atoms with Crippen LogP contribution in [-0.2, 0) is 0 Å². The van der Waals surface area contributed by atoms with Gasteiger partial charge in [-0.05, 0) is 61.9 Å². The van der Waals surface area contributed by atoms with Gasteiger partial charge in [-0.25, -0.2) is 0 Å². The Morgan fingerprint density at radius 2 is 1.58 bits per heavy atom. The molecule has 2 aliphatic heterocycles. The highest BCUT2D eigenvalue weighted by atomic mass is 16.5. The van der Waals surface area contributed by atoms with E-state index in [1.54, 1.807) is 18.2 Å². The van der Waals surface area contributed by atoms with Crippen molar-refractivity contribution in [3.05, 3.63) is 47.5 Å². The third kappa shape index (κ3) is 4.92. The molecule has 176 valence electrons. The zero-order valence-electron chi connectivity index (χ0n) is 19.7. The number of benzene rings is 2. The van der Waals surface area contributed by atoms with Gasteiger partial charge in [-0.1, -0.05) is 13.0 Å². The van der Waals surface area contributed by atoms with E-state index in [1.165, 1.54) is 14.2 Å². The van der Waals surface area contributed by atoms with Crippen molar-refractivity contribution in [1.82, 2.24) is 4.90 Å². The van der Waals surface area contributed by atoms with Gasteiger partial charge in [0.1, 0.15) is 17.1 Å². The van der Waals surface area contributed by atoms with Gasteiger partial charge in [-0.3, -0.25) is 9.59 Å². The molecular formula is C26H33N3O4. The van der Waals surface area contributed by atoms with Crippen molar-refractivity contribution < 1.29 is 19.1 Å². The smallest absolute Gasteiger partial charge is 0.263 e. The highest BCUT2D eigenvalue weighted by Crippen LogP contribution is 2.32. The molecule has 0 bridgehead atoms. The second kappa shape index (κ2) is 10.1. The topological polar surface area (TPSA) is 71.1 Å². The summed E-state index contributed by atoms with van der Waals surface area (Å²) in [4.78, 5) is 30.8. The Kier molecular flexibility index (Phi) is 7.06. The van der Waals surface area contributed by atoms with Crippen molar-refractivity contribution >= 4 is 23.2 Å². The second-order valence-corrected chi connectivity index (χ2v) is 8.89. The number of nitrogens with one attached hydrogen (secondary N) is 1. The van der Waals surface area contributed by atoms with Crippen molar-refractivity contribution in [2.75, 3.05) is 50.6 Å². The van der Waals surface area contributed by atoms with E-state index in [4.69, 9.17) is 9.47 Å². The molecule has 0 atom stereocenters. The number of anilines is 2. The lowest BCUT2D eigenvalue weighted by Gasteiger charge is -2.34. The Morgan fingerprint density at radius 1 is 0.939 bits per heavy atom. The number of hydrogen-bond acceptors (Lipinski definition) is 5. The molecule has 0 unspecified atom stereocenters. The number of hydrogen-bond donors (Lipinski definition) is 1. The minimum atomic E-state index is -0.344. The van der Waals surface area contributed by atoms with Gasteiger partial charge in [0.25, 0.3) is 11.8 Å². The van der Waals surface area contributed by atoms with Crippen LogP contribution in [0.4, 0.5) is 11.4 Å². The number of nitrogens with zero attached hydrogens (tertiary/aromatic N) is 2. The van der Waals surface area contributed by atoms with E-state index in [2.05, 4.69) is 17.1 Å². The quantitative estimate of drug-likeness (QED) is 0.704. The van der Waals surface area contributed by atoms with Crippen LogP contribution < -0.4 is 19.7 Å². The van der Waals surface area contributed by atoms with E-state index in [9.17, 15) is 9.59 Å². The highest BCUT2D eigenvalue weighted by molar-refractivity contribution is 6.09. The maximum absolute atomic E-state index is 13.4. The SMILES string of the molecule is COc1cccc(OC)c1C(=O)Nc1ccc(N2CCC(C)CC2)c(C(=O)N2CCCC2)c1. The molecular weight excluding hydrogens is 418 g/mol. The Morgan fingerprint density at radius 3 is 2.18 bits per heavy atom. The van der Waals surface area contributed by atoms with Crippen LogP contribution in [-0.4, -0.2) is 57.1 Å². The number of likely N-dealkylation sites (tertiary alicyclic amines) is 1. The van der Waals surface area contributed by atoms with E-state index < -0.39 is 0 Å². The predicted molar refractivity (Wildman–Crippen MR) is 130 cm³/mol. The Bertz CT molecular complexity index is 986. The summed E-state index contributed by atoms with van der Waals surface area (Å²) in [5.74, 6) is 1.25. The largest absolute Gasteiger partial charge is 0.496 e. The van der Waals surface area contributed by atoms with Crippen molar-refractivity contribution in [1.29, 1.82) is 0 Å². The summed E-state index contributed by atoms with van der Waals surface area (Å²) < 4.78 is 10.7. The average Bonchev–Trinajstić information content (AvgIpc) is 3.38. The molecule has 0 aliphatic carbocycles. The van der Waals surface area contributed by atoms with Crippen LogP contribution in [0.25, 0.3) is 0 Å².